The molecule has 0 spiro atoms. The Morgan fingerprint density at radius 1 is 1.00 bits per heavy atom. The minimum atomic E-state index is 0.0196. The van der Waals surface area contributed by atoms with E-state index in [9.17, 15) is 4.79 Å². The fourth-order valence-electron chi connectivity index (χ4n) is 3.43. The van der Waals surface area contributed by atoms with Crippen LogP contribution in [0.1, 0.15) is 11.1 Å². The second kappa shape index (κ2) is 9.99. The summed E-state index contributed by atoms with van der Waals surface area (Å²) in [7, 11) is 0. The molecule has 3 heterocycles. The van der Waals surface area contributed by atoms with Crippen LogP contribution in [0.15, 0.2) is 61.1 Å². The van der Waals surface area contributed by atoms with Crippen LogP contribution < -0.4 is 10.2 Å². The highest BCUT2D eigenvalue weighted by Crippen LogP contribution is 2.19. The molecule has 0 saturated carbocycles. The number of anilines is 3. The number of hydrogen-bond acceptors (Lipinski definition) is 7. The van der Waals surface area contributed by atoms with Gasteiger partial charge >= 0.3 is 0 Å². The zero-order valence-electron chi connectivity index (χ0n) is 17.6. The van der Waals surface area contributed by atoms with Gasteiger partial charge in [0.05, 0.1) is 6.61 Å². The number of carbonyl (C=O) groups is 1. The number of aromatic nitrogens is 3. The lowest BCUT2D eigenvalue weighted by Gasteiger charge is -2.35. The van der Waals surface area contributed by atoms with Crippen LogP contribution in [0.25, 0.3) is 0 Å². The number of pyridine rings is 1. The molecule has 1 aliphatic heterocycles. The van der Waals surface area contributed by atoms with Crippen LogP contribution in [0.2, 0.25) is 0 Å². The van der Waals surface area contributed by atoms with Crippen LogP contribution in [-0.2, 0) is 16.1 Å². The lowest BCUT2D eigenvalue weighted by Crippen LogP contribution is -2.50. The predicted octanol–water partition coefficient (Wildman–Crippen LogP) is 2.79. The molecule has 1 fully saturated rings. The van der Waals surface area contributed by atoms with Crippen LogP contribution in [0.5, 0.6) is 0 Å². The Kier molecular flexibility index (Phi) is 6.68. The minimum Gasteiger partial charge on any atom is -0.367 e. The quantitative estimate of drug-likeness (QED) is 0.632. The molecule has 8 heteroatoms. The van der Waals surface area contributed by atoms with Crippen LogP contribution in [0.3, 0.4) is 0 Å². The number of amides is 1. The second-order valence-electron chi connectivity index (χ2n) is 7.45. The second-order valence-corrected chi connectivity index (χ2v) is 7.45. The van der Waals surface area contributed by atoms with Gasteiger partial charge in [0, 0.05) is 38.4 Å². The maximum Gasteiger partial charge on any atom is 0.248 e. The number of benzene rings is 1. The molecule has 1 aromatic carbocycles. The Bertz CT molecular complexity index is 1010. The van der Waals surface area contributed by atoms with E-state index in [2.05, 4.69) is 25.2 Å². The summed E-state index contributed by atoms with van der Waals surface area (Å²) in [6.45, 7) is 5.26. The number of ether oxygens (including phenoxy) is 1. The molecule has 1 saturated heterocycles. The third-order valence-electron chi connectivity index (χ3n) is 5.12. The lowest BCUT2D eigenvalue weighted by molar-refractivity contribution is -0.136. The van der Waals surface area contributed by atoms with E-state index in [1.54, 1.807) is 12.5 Å². The number of hydrogen-bond donors (Lipinski definition) is 1. The van der Waals surface area contributed by atoms with Crippen molar-refractivity contribution >= 4 is 23.4 Å². The molecule has 31 heavy (non-hydrogen) atoms. The third kappa shape index (κ3) is 5.76. The first kappa shape index (κ1) is 20.7. The Hall–Kier alpha value is -3.52. The van der Waals surface area contributed by atoms with Gasteiger partial charge in [0.25, 0.3) is 0 Å². The highest BCUT2D eigenvalue weighted by atomic mass is 16.5. The molecule has 0 unspecified atom stereocenters. The summed E-state index contributed by atoms with van der Waals surface area (Å²) in [5, 5.41) is 3.22. The smallest absolute Gasteiger partial charge is 0.248 e. The summed E-state index contributed by atoms with van der Waals surface area (Å²) >= 11 is 0. The summed E-state index contributed by atoms with van der Waals surface area (Å²) in [4.78, 5) is 29.5. The Morgan fingerprint density at radius 2 is 1.77 bits per heavy atom. The van der Waals surface area contributed by atoms with Crippen LogP contribution >= 0.6 is 0 Å². The van der Waals surface area contributed by atoms with E-state index in [1.165, 1.54) is 0 Å². The van der Waals surface area contributed by atoms with Crippen molar-refractivity contribution < 1.29 is 9.53 Å². The molecule has 0 atom stereocenters. The molecular weight excluding hydrogens is 392 g/mol. The molecule has 4 rings (SSSR count). The Labute approximate surface area is 181 Å². The highest BCUT2D eigenvalue weighted by molar-refractivity contribution is 5.77. The lowest BCUT2D eigenvalue weighted by atomic mass is 10.2. The standard InChI is InChI=1S/C23H26N6O2/c1-18-7-8-24-20(13-18)27-21-14-22(26-17-25-21)28-9-11-29(12-10-28)23(30)16-31-15-19-5-3-2-4-6-19/h2-8,13-14,17H,9-12,15-16H2,1H3,(H,24,25,26,27). The number of nitrogens with zero attached hydrogens (tertiary/aromatic N) is 5. The normalized spacial score (nSPS) is 13.8. The van der Waals surface area contributed by atoms with Crippen molar-refractivity contribution in [2.45, 2.75) is 13.5 Å². The van der Waals surface area contributed by atoms with Crippen LogP contribution in [0, 0.1) is 6.92 Å². The molecule has 1 N–H and O–H groups in total. The van der Waals surface area contributed by atoms with E-state index in [-0.39, 0.29) is 12.5 Å². The SMILES string of the molecule is Cc1ccnc(Nc2cc(N3CCN(C(=O)COCc4ccccc4)CC3)ncn2)c1. The third-order valence-corrected chi connectivity index (χ3v) is 5.12. The summed E-state index contributed by atoms with van der Waals surface area (Å²) in [6, 6.07) is 15.7. The first-order valence-electron chi connectivity index (χ1n) is 10.3. The fourth-order valence-corrected chi connectivity index (χ4v) is 3.43. The van der Waals surface area contributed by atoms with E-state index in [4.69, 9.17) is 4.74 Å². The van der Waals surface area contributed by atoms with E-state index in [1.807, 2.05) is 60.4 Å². The zero-order chi connectivity index (χ0) is 21.5. The molecule has 1 amide bonds. The van der Waals surface area contributed by atoms with Crippen molar-refractivity contribution in [2.24, 2.45) is 0 Å². The van der Waals surface area contributed by atoms with Gasteiger partial charge in [-0.05, 0) is 30.2 Å². The molecular formula is C23H26N6O2. The maximum atomic E-state index is 12.5. The number of rotatable bonds is 7. The van der Waals surface area contributed by atoms with Gasteiger partial charge in [0.1, 0.15) is 30.4 Å². The zero-order valence-corrected chi connectivity index (χ0v) is 17.6. The molecule has 3 aromatic rings. The van der Waals surface area contributed by atoms with Crippen molar-refractivity contribution in [3.8, 4) is 0 Å². The van der Waals surface area contributed by atoms with Crippen molar-refractivity contribution in [1.82, 2.24) is 19.9 Å². The predicted molar refractivity (Wildman–Crippen MR) is 119 cm³/mol. The van der Waals surface area contributed by atoms with Gasteiger partial charge in [-0.2, -0.15) is 0 Å². The molecule has 1 aliphatic rings. The van der Waals surface area contributed by atoms with Crippen LogP contribution in [0.4, 0.5) is 17.5 Å². The maximum absolute atomic E-state index is 12.5. The van der Waals surface area contributed by atoms with Gasteiger partial charge < -0.3 is 19.9 Å². The topological polar surface area (TPSA) is 83.5 Å². The van der Waals surface area contributed by atoms with Gasteiger partial charge in [0.15, 0.2) is 0 Å². The largest absolute Gasteiger partial charge is 0.367 e. The first-order valence-corrected chi connectivity index (χ1v) is 10.3. The van der Waals surface area contributed by atoms with Gasteiger partial charge in [0.2, 0.25) is 5.91 Å². The summed E-state index contributed by atoms with van der Waals surface area (Å²) in [6.07, 6.45) is 3.31. The monoisotopic (exact) mass is 418 g/mol. The number of piperazine rings is 1. The molecule has 0 aliphatic carbocycles. The van der Waals surface area contributed by atoms with Gasteiger partial charge in [-0.3, -0.25) is 4.79 Å². The Morgan fingerprint density at radius 3 is 2.55 bits per heavy atom. The summed E-state index contributed by atoms with van der Waals surface area (Å²) < 4.78 is 5.59. The molecule has 0 radical (unpaired) electrons. The van der Waals surface area contributed by atoms with Crippen LogP contribution in [-0.4, -0.2) is 58.5 Å². The fraction of sp³-hybridized carbons (Fsp3) is 0.304. The van der Waals surface area contributed by atoms with E-state index >= 15 is 0 Å². The highest BCUT2D eigenvalue weighted by Gasteiger charge is 2.22. The number of carbonyl (C=O) groups excluding carboxylic acids is 1. The Balaban J connectivity index is 1.27. The van der Waals surface area contributed by atoms with Gasteiger partial charge in [-0.1, -0.05) is 30.3 Å². The molecule has 160 valence electrons. The molecule has 2 aromatic heterocycles. The summed E-state index contributed by atoms with van der Waals surface area (Å²) in [5.41, 5.74) is 2.19. The van der Waals surface area contributed by atoms with Crippen molar-refractivity contribution in [3.05, 3.63) is 72.2 Å². The van der Waals surface area contributed by atoms with Crippen molar-refractivity contribution in [3.63, 3.8) is 0 Å². The van der Waals surface area contributed by atoms with Crippen molar-refractivity contribution in [2.75, 3.05) is 43.0 Å². The van der Waals surface area contributed by atoms with E-state index < -0.39 is 0 Å². The first-order chi connectivity index (χ1) is 15.2. The molecule has 8 nitrogen and oxygen atoms in total. The molecule has 0 bridgehead atoms. The van der Waals surface area contributed by atoms with E-state index in [0.29, 0.717) is 38.6 Å². The summed E-state index contributed by atoms with van der Waals surface area (Å²) in [5.74, 6) is 2.29. The average molecular weight is 419 g/mol. The van der Waals surface area contributed by atoms with Gasteiger partial charge in [-0.25, -0.2) is 15.0 Å². The van der Waals surface area contributed by atoms with Gasteiger partial charge in [-0.15, -0.1) is 0 Å². The number of nitrogens with one attached hydrogen (secondary N) is 1. The van der Waals surface area contributed by atoms with Crippen molar-refractivity contribution in [1.29, 1.82) is 0 Å². The van der Waals surface area contributed by atoms with E-state index in [0.717, 1.165) is 22.8 Å². The minimum absolute atomic E-state index is 0.0196. The number of aryl methyl sites for hydroxylation is 1. The average Bonchev–Trinajstić information content (AvgIpc) is 2.80.